The number of benzene rings is 1. The summed E-state index contributed by atoms with van der Waals surface area (Å²) in [4.78, 5) is 3.31. The maximum absolute atomic E-state index is 10.1. The summed E-state index contributed by atoms with van der Waals surface area (Å²) in [6, 6.07) is 8.37. The summed E-state index contributed by atoms with van der Waals surface area (Å²) < 4.78 is 0. The zero-order valence-electron chi connectivity index (χ0n) is 18.1. The lowest BCUT2D eigenvalue weighted by Gasteiger charge is -2.14. The molecule has 2 N–H and O–H groups in total. The molecule has 0 aliphatic carbocycles. The van der Waals surface area contributed by atoms with E-state index in [9.17, 15) is 5.21 Å². The van der Waals surface area contributed by atoms with Crippen LogP contribution in [0.3, 0.4) is 0 Å². The highest BCUT2D eigenvalue weighted by Crippen LogP contribution is 2.18. The van der Waals surface area contributed by atoms with E-state index in [-0.39, 0.29) is 0 Å². The van der Waals surface area contributed by atoms with Crippen molar-refractivity contribution in [1.82, 2.24) is 10.0 Å². The molecule has 0 atom stereocenters. The van der Waals surface area contributed by atoms with Crippen LogP contribution in [0.1, 0.15) is 96.0 Å². The number of H-pyrrole nitrogens is 1. The summed E-state index contributed by atoms with van der Waals surface area (Å²) in [5, 5.41) is 12.9. The number of fused-ring (bicyclic) bond motifs is 1. The number of aromatic amines is 1. The van der Waals surface area contributed by atoms with Crippen LogP contribution in [0.2, 0.25) is 0 Å². The van der Waals surface area contributed by atoms with Gasteiger partial charge in [-0.1, -0.05) is 102 Å². The number of hydroxylamine groups is 2. The van der Waals surface area contributed by atoms with Crippen molar-refractivity contribution in [1.29, 1.82) is 0 Å². The van der Waals surface area contributed by atoms with E-state index in [4.69, 9.17) is 0 Å². The molecule has 1 aromatic heterocycles. The molecule has 0 fully saturated rings. The molecule has 158 valence electrons. The van der Waals surface area contributed by atoms with Crippen LogP contribution in [0.5, 0.6) is 0 Å². The minimum atomic E-state index is 0.708. The van der Waals surface area contributed by atoms with Crippen molar-refractivity contribution in [3.05, 3.63) is 36.0 Å². The molecule has 1 aromatic carbocycles. The minimum absolute atomic E-state index is 0.708. The molecule has 0 amide bonds. The normalized spacial score (nSPS) is 11.7. The molecule has 0 bridgehead atoms. The second-order valence-electron chi connectivity index (χ2n) is 8.31. The van der Waals surface area contributed by atoms with Gasteiger partial charge in [-0.15, -0.1) is 0 Å². The van der Waals surface area contributed by atoms with E-state index in [0.717, 1.165) is 19.4 Å². The SMILES string of the molecule is CCCCCCCCCCCCCCCN(O)CCc1c[nH]c2ccccc12. The predicted molar refractivity (Wildman–Crippen MR) is 121 cm³/mol. The highest BCUT2D eigenvalue weighted by molar-refractivity contribution is 5.83. The Hall–Kier alpha value is -1.32. The van der Waals surface area contributed by atoms with E-state index >= 15 is 0 Å². The lowest BCUT2D eigenvalue weighted by Crippen LogP contribution is -2.23. The highest BCUT2D eigenvalue weighted by atomic mass is 16.5. The molecule has 1 heterocycles. The zero-order valence-corrected chi connectivity index (χ0v) is 18.1. The number of unbranched alkanes of at least 4 members (excludes halogenated alkanes) is 12. The summed E-state index contributed by atoms with van der Waals surface area (Å²) in [5.74, 6) is 0. The Bertz CT molecular complexity index is 622. The summed E-state index contributed by atoms with van der Waals surface area (Å²) in [7, 11) is 0. The third-order valence-corrected chi connectivity index (χ3v) is 5.83. The summed E-state index contributed by atoms with van der Waals surface area (Å²) in [6.07, 6.45) is 20.7. The van der Waals surface area contributed by atoms with Crippen LogP contribution < -0.4 is 0 Å². The molecule has 0 unspecified atom stereocenters. The lowest BCUT2D eigenvalue weighted by molar-refractivity contribution is -0.0905. The van der Waals surface area contributed by atoms with Crippen LogP contribution in [0.25, 0.3) is 10.9 Å². The first-order chi connectivity index (χ1) is 13.8. The largest absolute Gasteiger partial charge is 0.361 e. The van der Waals surface area contributed by atoms with Gasteiger partial charge in [0.2, 0.25) is 0 Å². The quantitative estimate of drug-likeness (QED) is 0.218. The number of aromatic nitrogens is 1. The third-order valence-electron chi connectivity index (χ3n) is 5.83. The number of rotatable bonds is 17. The molecule has 3 nitrogen and oxygen atoms in total. The number of hydrogen-bond donors (Lipinski definition) is 2. The first-order valence-corrected chi connectivity index (χ1v) is 11.8. The molecule has 0 aliphatic heterocycles. The molecule has 0 radical (unpaired) electrons. The van der Waals surface area contributed by atoms with Gasteiger partial charge in [-0.3, -0.25) is 0 Å². The van der Waals surface area contributed by atoms with Crippen molar-refractivity contribution in [2.75, 3.05) is 13.1 Å². The van der Waals surface area contributed by atoms with Crippen molar-refractivity contribution in [3.8, 4) is 0 Å². The fourth-order valence-electron chi connectivity index (χ4n) is 4.01. The van der Waals surface area contributed by atoms with E-state index in [1.54, 1.807) is 0 Å². The van der Waals surface area contributed by atoms with Crippen LogP contribution in [0.4, 0.5) is 0 Å². The van der Waals surface area contributed by atoms with Gasteiger partial charge in [0.1, 0.15) is 0 Å². The van der Waals surface area contributed by atoms with Crippen LogP contribution in [0.15, 0.2) is 30.5 Å². The highest BCUT2D eigenvalue weighted by Gasteiger charge is 2.06. The Morgan fingerprint density at radius 2 is 1.32 bits per heavy atom. The molecule has 28 heavy (non-hydrogen) atoms. The lowest BCUT2D eigenvalue weighted by atomic mass is 10.0. The maximum atomic E-state index is 10.1. The van der Waals surface area contributed by atoms with Gasteiger partial charge in [-0.25, -0.2) is 0 Å². The van der Waals surface area contributed by atoms with Gasteiger partial charge >= 0.3 is 0 Å². The number of hydrogen-bond acceptors (Lipinski definition) is 2. The Morgan fingerprint density at radius 3 is 1.96 bits per heavy atom. The standard InChI is InChI=1S/C25H42N2O/c1-2-3-4-5-6-7-8-9-10-11-12-13-16-20-27(28)21-19-23-22-26-25-18-15-14-17-24(23)25/h14-15,17-18,22,26,28H,2-13,16,19-21H2,1H3. The summed E-state index contributed by atoms with van der Waals surface area (Å²) in [6.45, 7) is 3.78. The van der Waals surface area contributed by atoms with Crippen molar-refractivity contribution < 1.29 is 5.21 Å². The molecule has 0 aliphatic rings. The second kappa shape index (κ2) is 14.6. The predicted octanol–water partition coefficient (Wildman–Crippen LogP) is 7.49. The van der Waals surface area contributed by atoms with Gasteiger partial charge in [-0.2, -0.15) is 5.06 Å². The monoisotopic (exact) mass is 386 g/mol. The smallest absolute Gasteiger partial charge is 0.0456 e. The Balaban J connectivity index is 1.39. The molecule has 0 saturated carbocycles. The fourth-order valence-corrected chi connectivity index (χ4v) is 4.01. The van der Waals surface area contributed by atoms with Crippen molar-refractivity contribution >= 4 is 10.9 Å². The molecule has 2 aromatic rings. The van der Waals surface area contributed by atoms with Gasteiger partial charge in [0.25, 0.3) is 0 Å². The number of nitrogens with zero attached hydrogens (tertiary/aromatic N) is 1. The molecule has 0 spiro atoms. The Kier molecular flexibility index (Phi) is 12.0. The van der Waals surface area contributed by atoms with Crippen molar-refractivity contribution in [3.63, 3.8) is 0 Å². The van der Waals surface area contributed by atoms with Gasteiger partial charge in [0.05, 0.1) is 0 Å². The Labute approximate surface area is 172 Å². The Morgan fingerprint density at radius 1 is 0.750 bits per heavy atom. The maximum Gasteiger partial charge on any atom is 0.0456 e. The van der Waals surface area contributed by atoms with E-state index in [2.05, 4.69) is 42.4 Å². The van der Waals surface area contributed by atoms with Gasteiger partial charge in [-0.05, 0) is 24.5 Å². The van der Waals surface area contributed by atoms with Gasteiger partial charge in [0.15, 0.2) is 0 Å². The minimum Gasteiger partial charge on any atom is -0.361 e. The van der Waals surface area contributed by atoms with E-state index in [1.807, 2.05) is 0 Å². The second-order valence-corrected chi connectivity index (χ2v) is 8.31. The van der Waals surface area contributed by atoms with Gasteiger partial charge in [0, 0.05) is 30.2 Å². The first-order valence-electron chi connectivity index (χ1n) is 11.8. The summed E-state index contributed by atoms with van der Waals surface area (Å²) in [5.41, 5.74) is 2.47. The third kappa shape index (κ3) is 9.25. The van der Waals surface area contributed by atoms with Crippen molar-refractivity contribution in [2.24, 2.45) is 0 Å². The summed E-state index contributed by atoms with van der Waals surface area (Å²) >= 11 is 0. The van der Waals surface area contributed by atoms with Crippen molar-refractivity contribution in [2.45, 2.75) is 96.8 Å². The first kappa shape index (κ1) is 23.0. The number of nitrogens with one attached hydrogen (secondary N) is 1. The molecular weight excluding hydrogens is 344 g/mol. The van der Waals surface area contributed by atoms with E-state index in [0.29, 0.717) is 6.54 Å². The fraction of sp³-hybridized carbons (Fsp3) is 0.680. The van der Waals surface area contributed by atoms with E-state index in [1.165, 1.54) is 98.6 Å². The zero-order chi connectivity index (χ0) is 19.9. The number of para-hydroxylation sites is 1. The average Bonchev–Trinajstić information content (AvgIpc) is 3.13. The molecule has 0 saturated heterocycles. The average molecular weight is 387 g/mol. The van der Waals surface area contributed by atoms with Crippen LogP contribution in [-0.2, 0) is 6.42 Å². The molecule has 3 heteroatoms. The van der Waals surface area contributed by atoms with E-state index < -0.39 is 0 Å². The van der Waals surface area contributed by atoms with Gasteiger partial charge < -0.3 is 10.2 Å². The van der Waals surface area contributed by atoms with Crippen LogP contribution >= 0.6 is 0 Å². The molecular formula is C25H42N2O. The molecule has 2 rings (SSSR count). The van der Waals surface area contributed by atoms with Crippen LogP contribution in [0, 0.1) is 0 Å². The van der Waals surface area contributed by atoms with Crippen LogP contribution in [-0.4, -0.2) is 28.3 Å². The topological polar surface area (TPSA) is 39.3 Å².